The SMILES string of the molecule is CC(C)(C)N1CCN(C(=O)O[C@H]2CC[C@@]3(C)[C@H](CC[C@@H]4[C@@H]3[C@H](O)C(=O)[C@]3(C)[C@@H](c5ccc(=O)oc5)CC[C@]43O)C2)CC1. The molecule has 1 aromatic rings. The first kappa shape index (κ1) is 29.8. The van der Waals surface area contributed by atoms with Crippen molar-refractivity contribution >= 4 is 11.9 Å². The second-order valence-electron chi connectivity index (χ2n) is 15.3. The zero-order valence-corrected chi connectivity index (χ0v) is 25.8. The fraction of sp³-hybridized carbons (Fsp3) is 0.788. The van der Waals surface area contributed by atoms with Crippen LogP contribution in [-0.4, -0.2) is 81.4 Å². The standard InChI is InChI=1S/C33H48N2O7/c1-30(2,3)35-16-14-34(15-17-35)29(39)42-22-10-12-31(4)21(18-22)7-8-24-26(31)27(37)28(38)32(5)23(11-13-33(24,32)40)20-6-9-25(36)41-19-20/h6,9,19,21-24,26-27,37,40H,7-8,10-18H2,1-5H3/t21-,22+,23-,24-,26-,27+,31+,32+,33+/m1/s1. The molecule has 6 rings (SSSR count). The Bertz CT molecular complexity index is 1260. The summed E-state index contributed by atoms with van der Waals surface area (Å²) in [5, 5.41) is 24.2. The number of aliphatic hydroxyl groups excluding tert-OH is 1. The summed E-state index contributed by atoms with van der Waals surface area (Å²) in [6, 6.07) is 3.04. The number of ketones is 1. The average Bonchev–Trinajstić information content (AvgIpc) is 3.23. The van der Waals surface area contributed by atoms with Gasteiger partial charge in [0.2, 0.25) is 0 Å². The number of rotatable bonds is 2. The highest BCUT2D eigenvalue weighted by molar-refractivity contribution is 5.93. The Morgan fingerprint density at radius 2 is 1.74 bits per heavy atom. The molecule has 1 aromatic heterocycles. The topological polar surface area (TPSA) is 121 Å². The summed E-state index contributed by atoms with van der Waals surface area (Å²) < 4.78 is 11.2. The molecular formula is C33H48N2O7. The third-order valence-electron chi connectivity index (χ3n) is 12.5. The molecule has 0 radical (unpaired) electrons. The highest BCUT2D eigenvalue weighted by Crippen LogP contribution is 2.69. The lowest BCUT2D eigenvalue weighted by Crippen LogP contribution is -2.70. The predicted molar refractivity (Wildman–Crippen MR) is 156 cm³/mol. The molecule has 42 heavy (non-hydrogen) atoms. The number of Topliss-reactive ketones (excluding diaryl/α,β-unsaturated/α-hetero) is 1. The van der Waals surface area contributed by atoms with Gasteiger partial charge in [-0.1, -0.05) is 6.92 Å². The molecule has 5 aliphatic rings. The number of hydrogen-bond acceptors (Lipinski definition) is 8. The van der Waals surface area contributed by atoms with E-state index in [4.69, 9.17) is 9.15 Å². The van der Waals surface area contributed by atoms with Crippen molar-refractivity contribution in [2.45, 2.75) is 109 Å². The molecule has 1 aliphatic heterocycles. The Hall–Kier alpha value is -2.23. The lowest BCUT2D eigenvalue weighted by Gasteiger charge is -2.64. The minimum atomic E-state index is -1.25. The number of carbonyl (C=O) groups excluding carboxylic acids is 2. The molecule has 2 heterocycles. The summed E-state index contributed by atoms with van der Waals surface area (Å²) >= 11 is 0. The largest absolute Gasteiger partial charge is 0.446 e. The monoisotopic (exact) mass is 584 g/mol. The van der Waals surface area contributed by atoms with E-state index < -0.39 is 22.7 Å². The van der Waals surface area contributed by atoms with Gasteiger partial charge in [-0.25, -0.2) is 9.59 Å². The number of hydrogen-bond donors (Lipinski definition) is 2. The van der Waals surface area contributed by atoms with Crippen LogP contribution in [0.3, 0.4) is 0 Å². The minimum absolute atomic E-state index is 0.0801. The minimum Gasteiger partial charge on any atom is -0.446 e. The molecule has 0 spiro atoms. The lowest BCUT2D eigenvalue weighted by atomic mass is 9.42. The van der Waals surface area contributed by atoms with Gasteiger partial charge in [0.15, 0.2) is 5.78 Å². The highest BCUT2D eigenvalue weighted by atomic mass is 16.6. The number of fused-ring (bicyclic) bond motifs is 5. The average molecular weight is 585 g/mol. The molecule has 2 N–H and O–H groups in total. The van der Waals surface area contributed by atoms with Gasteiger partial charge in [0.25, 0.3) is 0 Å². The van der Waals surface area contributed by atoms with E-state index >= 15 is 0 Å². The zero-order chi connectivity index (χ0) is 30.2. The van der Waals surface area contributed by atoms with Gasteiger partial charge in [0, 0.05) is 49.6 Å². The molecule has 4 aliphatic carbocycles. The van der Waals surface area contributed by atoms with Gasteiger partial charge in [-0.3, -0.25) is 9.69 Å². The molecule has 9 atom stereocenters. The summed E-state index contributed by atoms with van der Waals surface area (Å²) in [5.74, 6) is -1.00. The Kier molecular flexibility index (Phi) is 7.22. The first-order valence-corrected chi connectivity index (χ1v) is 15.9. The number of ether oxygens (including phenoxy) is 1. The van der Waals surface area contributed by atoms with Crippen LogP contribution in [0.15, 0.2) is 27.6 Å². The smallest absolute Gasteiger partial charge is 0.410 e. The van der Waals surface area contributed by atoms with E-state index in [2.05, 4.69) is 32.6 Å². The van der Waals surface area contributed by atoms with Gasteiger partial charge in [0.1, 0.15) is 12.2 Å². The maximum atomic E-state index is 14.1. The molecule has 1 saturated heterocycles. The van der Waals surface area contributed by atoms with Crippen LogP contribution in [0.25, 0.3) is 0 Å². The first-order chi connectivity index (χ1) is 19.7. The molecular weight excluding hydrogens is 536 g/mol. The fourth-order valence-corrected chi connectivity index (χ4v) is 9.99. The van der Waals surface area contributed by atoms with Crippen LogP contribution in [0.5, 0.6) is 0 Å². The number of carbonyl (C=O) groups is 2. The number of nitrogens with zero attached hydrogens (tertiary/aromatic N) is 2. The summed E-state index contributed by atoms with van der Waals surface area (Å²) in [7, 11) is 0. The van der Waals surface area contributed by atoms with Crippen LogP contribution in [-0.2, 0) is 9.53 Å². The molecule has 0 bridgehead atoms. The second-order valence-corrected chi connectivity index (χ2v) is 15.3. The quantitative estimate of drug-likeness (QED) is 0.536. The first-order valence-electron chi connectivity index (χ1n) is 15.9. The maximum absolute atomic E-state index is 14.1. The van der Waals surface area contributed by atoms with Crippen molar-refractivity contribution in [3.8, 4) is 0 Å². The Morgan fingerprint density at radius 3 is 2.38 bits per heavy atom. The van der Waals surface area contributed by atoms with Gasteiger partial charge < -0.3 is 24.3 Å². The van der Waals surface area contributed by atoms with E-state index in [0.29, 0.717) is 44.3 Å². The molecule has 0 unspecified atom stereocenters. The Morgan fingerprint density at radius 1 is 1.02 bits per heavy atom. The van der Waals surface area contributed by atoms with E-state index in [9.17, 15) is 24.6 Å². The molecule has 9 heteroatoms. The fourth-order valence-electron chi connectivity index (χ4n) is 9.99. The summed E-state index contributed by atoms with van der Waals surface area (Å²) in [6.07, 6.45) is 4.58. The number of piperazine rings is 1. The van der Waals surface area contributed by atoms with Crippen LogP contribution in [0.2, 0.25) is 0 Å². The van der Waals surface area contributed by atoms with Crippen molar-refractivity contribution in [1.29, 1.82) is 0 Å². The third-order valence-corrected chi connectivity index (χ3v) is 12.5. The summed E-state index contributed by atoms with van der Waals surface area (Å²) in [6.45, 7) is 13.6. The van der Waals surface area contributed by atoms with Crippen molar-refractivity contribution in [3.63, 3.8) is 0 Å². The molecule has 4 saturated carbocycles. The Balaban J connectivity index is 1.17. The maximum Gasteiger partial charge on any atom is 0.410 e. The van der Waals surface area contributed by atoms with Crippen molar-refractivity contribution in [1.82, 2.24) is 9.80 Å². The zero-order valence-electron chi connectivity index (χ0n) is 25.8. The molecule has 232 valence electrons. The van der Waals surface area contributed by atoms with Gasteiger partial charge in [-0.2, -0.15) is 0 Å². The van der Waals surface area contributed by atoms with Crippen LogP contribution in [0.1, 0.15) is 91.0 Å². The molecule has 1 amide bonds. The number of amides is 1. The van der Waals surface area contributed by atoms with E-state index in [-0.39, 0.29) is 52.6 Å². The van der Waals surface area contributed by atoms with E-state index in [0.717, 1.165) is 32.4 Å². The summed E-state index contributed by atoms with van der Waals surface area (Å²) in [5.41, 5.74) is -2.41. The van der Waals surface area contributed by atoms with Crippen molar-refractivity contribution < 1.29 is 29.0 Å². The lowest BCUT2D eigenvalue weighted by molar-refractivity contribution is -0.228. The molecule has 9 nitrogen and oxygen atoms in total. The van der Waals surface area contributed by atoms with Gasteiger partial charge in [-0.05, 0) is 102 Å². The molecule has 0 aromatic carbocycles. The normalized spacial score (nSPS) is 42.5. The summed E-state index contributed by atoms with van der Waals surface area (Å²) in [4.78, 5) is 43.0. The van der Waals surface area contributed by atoms with E-state index in [1.807, 2.05) is 11.8 Å². The van der Waals surface area contributed by atoms with Crippen molar-refractivity contribution in [2.75, 3.05) is 26.2 Å². The predicted octanol–water partition coefficient (Wildman–Crippen LogP) is 3.95. The second kappa shape index (κ2) is 10.2. The molecule has 5 fully saturated rings. The van der Waals surface area contributed by atoms with Crippen molar-refractivity contribution in [3.05, 3.63) is 34.4 Å². The van der Waals surface area contributed by atoms with Gasteiger partial charge in [0.05, 0.1) is 17.3 Å². The highest BCUT2D eigenvalue weighted by Gasteiger charge is 2.73. The number of aliphatic hydroxyl groups is 2. The third kappa shape index (κ3) is 4.40. The van der Waals surface area contributed by atoms with Crippen LogP contribution in [0.4, 0.5) is 4.79 Å². The van der Waals surface area contributed by atoms with Crippen LogP contribution >= 0.6 is 0 Å². The van der Waals surface area contributed by atoms with E-state index in [1.165, 1.54) is 12.3 Å². The van der Waals surface area contributed by atoms with Gasteiger partial charge >= 0.3 is 11.7 Å². The van der Waals surface area contributed by atoms with Crippen LogP contribution < -0.4 is 5.63 Å². The Labute approximate surface area is 248 Å². The van der Waals surface area contributed by atoms with E-state index in [1.54, 1.807) is 6.07 Å². The van der Waals surface area contributed by atoms with Crippen LogP contribution in [0, 0.1) is 28.6 Å². The van der Waals surface area contributed by atoms with Gasteiger partial charge in [-0.15, -0.1) is 0 Å². The van der Waals surface area contributed by atoms with Crippen molar-refractivity contribution in [2.24, 2.45) is 28.6 Å².